The average Bonchev–Trinajstić information content (AvgIpc) is 2.40. The van der Waals surface area contributed by atoms with Gasteiger partial charge in [-0.15, -0.1) is 0 Å². The number of benzene rings is 1. The molecule has 1 nitrogen and oxygen atoms in total. The van der Waals surface area contributed by atoms with Gasteiger partial charge in [-0.3, -0.25) is 0 Å². The maximum Gasteiger partial charge on any atom is 0.0769 e. The van der Waals surface area contributed by atoms with Gasteiger partial charge in [0.25, 0.3) is 0 Å². The number of nitrogens with zero attached hydrogens (tertiary/aromatic N) is 1. The summed E-state index contributed by atoms with van der Waals surface area (Å²) in [5.41, 5.74) is 2.86. The van der Waals surface area contributed by atoms with Gasteiger partial charge in [0.15, 0.2) is 0 Å². The fourth-order valence-electron chi connectivity index (χ4n) is 5.86. The highest BCUT2D eigenvalue weighted by Crippen LogP contribution is 2.64. The minimum Gasteiger partial charge on any atom is -0.198 e. The Labute approximate surface area is 122 Å². The normalized spacial score (nSPS) is 39.5. The molecule has 0 N–H and O–H groups in total. The predicted molar refractivity (Wildman–Crippen MR) is 80.1 cm³/mol. The summed E-state index contributed by atoms with van der Waals surface area (Å²) in [6, 6.07) is 11.4. The van der Waals surface area contributed by atoms with Crippen LogP contribution in [0.3, 0.4) is 0 Å². The van der Waals surface area contributed by atoms with E-state index >= 15 is 0 Å². The van der Waals surface area contributed by atoms with Gasteiger partial charge in [0.1, 0.15) is 0 Å². The molecule has 5 rings (SSSR count). The minimum absolute atomic E-state index is 0.122. The van der Waals surface area contributed by atoms with Gasteiger partial charge in [-0.05, 0) is 74.2 Å². The lowest BCUT2D eigenvalue weighted by Gasteiger charge is -2.58. The Bertz CT molecular complexity index is 513. The fourth-order valence-corrected chi connectivity index (χ4v) is 5.86. The summed E-state index contributed by atoms with van der Waals surface area (Å²) < 4.78 is 0. The van der Waals surface area contributed by atoms with Crippen LogP contribution in [0, 0.1) is 41.4 Å². The maximum absolute atomic E-state index is 9.86. The lowest BCUT2D eigenvalue weighted by atomic mass is 9.46. The minimum atomic E-state index is 0.122. The van der Waals surface area contributed by atoms with E-state index in [4.69, 9.17) is 0 Å². The molecule has 4 aliphatic carbocycles. The molecule has 104 valence electrons. The van der Waals surface area contributed by atoms with Crippen molar-refractivity contribution in [2.75, 3.05) is 0 Å². The van der Waals surface area contributed by atoms with Crippen molar-refractivity contribution in [1.29, 1.82) is 5.26 Å². The van der Waals surface area contributed by atoms with Crippen LogP contribution in [0.4, 0.5) is 0 Å². The smallest absolute Gasteiger partial charge is 0.0769 e. The Morgan fingerprint density at radius 3 is 1.95 bits per heavy atom. The number of rotatable bonds is 2. The monoisotopic (exact) mass is 265 g/mol. The molecule has 1 aromatic carbocycles. The summed E-state index contributed by atoms with van der Waals surface area (Å²) in [6.45, 7) is 2.12. The molecule has 0 radical (unpaired) electrons. The molecule has 4 saturated carbocycles. The fraction of sp³-hybridized carbons (Fsp3) is 0.632. The van der Waals surface area contributed by atoms with Crippen molar-refractivity contribution in [3.8, 4) is 6.07 Å². The molecular weight excluding hydrogens is 242 g/mol. The van der Waals surface area contributed by atoms with E-state index in [1.807, 2.05) is 0 Å². The molecule has 4 aliphatic rings. The van der Waals surface area contributed by atoms with Gasteiger partial charge in [0.2, 0.25) is 0 Å². The molecule has 0 saturated heterocycles. The van der Waals surface area contributed by atoms with Crippen molar-refractivity contribution in [1.82, 2.24) is 0 Å². The molecule has 0 aromatic heterocycles. The van der Waals surface area contributed by atoms with Crippen LogP contribution in [0.5, 0.6) is 0 Å². The third-order valence-corrected chi connectivity index (χ3v) is 6.24. The first-order valence-electron chi connectivity index (χ1n) is 8.15. The third-order valence-electron chi connectivity index (χ3n) is 6.24. The molecule has 4 bridgehead atoms. The van der Waals surface area contributed by atoms with E-state index < -0.39 is 0 Å². The highest BCUT2D eigenvalue weighted by Gasteiger charge is 2.54. The van der Waals surface area contributed by atoms with Gasteiger partial charge in [0, 0.05) is 0 Å². The van der Waals surface area contributed by atoms with Crippen LogP contribution in [0.15, 0.2) is 24.3 Å². The summed E-state index contributed by atoms with van der Waals surface area (Å²) in [5, 5.41) is 9.86. The quantitative estimate of drug-likeness (QED) is 0.752. The van der Waals surface area contributed by atoms with Crippen molar-refractivity contribution in [2.45, 2.75) is 51.4 Å². The van der Waals surface area contributed by atoms with Crippen LogP contribution in [0.25, 0.3) is 0 Å². The lowest BCUT2D eigenvalue weighted by molar-refractivity contribution is -0.0594. The first-order chi connectivity index (χ1) is 9.68. The van der Waals surface area contributed by atoms with E-state index in [9.17, 15) is 5.26 Å². The number of nitriles is 1. The Kier molecular flexibility index (Phi) is 2.71. The Morgan fingerprint density at radius 2 is 1.50 bits per heavy atom. The predicted octanol–water partition coefficient (Wildman–Crippen LogP) is 4.82. The van der Waals surface area contributed by atoms with E-state index in [0.717, 1.165) is 17.8 Å². The summed E-state index contributed by atoms with van der Waals surface area (Å²) in [5.74, 6) is 2.88. The van der Waals surface area contributed by atoms with Gasteiger partial charge < -0.3 is 0 Å². The van der Waals surface area contributed by atoms with Gasteiger partial charge in [-0.1, -0.05) is 29.8 Å². The van der Waals surface area contributed by atoms with E-state index in [1.54, 1.807) is 0 Å². The van der Waals surface area contributed by atoms with Crippen LogP contribution in [-0.4, -0.2) is 0 Å². The largest absolute Gasteiger partial charge is 0.198 e. The molecule has 1 unspecified atom stereocenters. The topological polar surface area (TPSA) is 23.8 Å². The molecule has 20 heavy (non-hydrogen) atoms. The van der Waals surface area contributed by atoms with Gasteiger partial charge in [-0.25, -0.2) is 0 Å². The van der Waals surface area contributed by atoms with Gasteiger partial charge in [-0.2, -0.15) is 5.26 Å². The van der Waals surface area contributed by atoms with Crippen molar-refractivity contribution in [3.63, 3.8) is 0 Å². The maximum atomic E-state index is 9.86. The summed E-state index contributed by atoms with van der Waals surface area (Å²) in [4.78, 5) is 0. The van der Waals surface area contributed by atoms with Crippen molar-refractivity contribution in [2.24, 2.45) is 23.2 Å². The summed E-state index contributed by atoms with van der Waals surface area (Å²) in [6.07, 6.45) is 8.28. The van der Waals surface area contributed by atoms with E-state index in [0.29, 0.717) is 5.41 Å². The van der Waals surface area contributed by atoms with Crippen molar-refractivity contribution in [3.05, 3.63) is 35.4 Å². The molecular formula is C19H23N. The highest BCUT2D eigenvalue weighted by molar-refractivity contribution is 5.32. The second-order valence-corrected chi connectivity index (χ2v) is 7.75. The first kappa shape index (κ1) is 12.5. The molecule has 1 atom stereocenters. The third kappa shape index (κ3) is 1.81. The zero-order valence-corrected chi connectivity index (χ0v) is 12.3. The van der Waals surface area contributed by atoms with Crippen LogP contribution in [0.1, 0.15) is 55.6 Å². The van der Waals surface area contributed by atoms with Crippen LogP contribution in [0.2, 0.25) is 0 Å². The molecule has 0 spiro atoms. The first-order valence-corrected chi connectivity index (χ1v) is 8.15. The number of hydrogen-bond donors (Lipinski definition) is 0. The molecule has 4 fully saturated rings. The zero-order chi connectivity index (χ0) is 13.7. The summed E-state index contributed by atoms with van der Waals surface area (Å²) in [7, 11) is 0. The Balaban J connectivity index is 1.71. The van der Waals surface area contributed by atoms with Crippen LogP contribution in [-0.2, 0) is 0 Å². The number of aryl methyl sites for hydroxylation is 1. The molecule has 1 heteroatoms. The van der Waals surface area contributed by atoms with Crippen LogP contribution >= 0.6 is 0 Å². The lowest BCUT2D eigenvalue weighted by Crippen LogP contribution is -2.48. The van der Waals surface area contributed by atoms with Crippen molar-refractivity contribution < 1.29 is 0 Å². The van der Waals surface area contributed by atoms with E-state index in [2.05, 4.69) is 37.3 Å². The van der Waals surface area contributed by atoms with E-state index in [1.165, 1.54) is 49.7 Å². The second kappa shape index (κ2) is 4.35. The average molecular weight is 265 g/mol. The highest BCUT2D eigenvalue weighted by atomic mass is 14.6. The van der Waals surface area contributed by atoms with Gasteiger partial charge in [0.05, 0.1) is 12.0 Å². The second-order valence-electron chi connectivity index (χ2n) is 7.75. The van der Waals surface area contributed by atoms with Crippen LogP contribution < -0.4 is 0 Å². The SMILES string of the molecule is Cc1ccc(C(C#N)C23CC4CC(CC(C4)C2)C3)cc1. The van der Waals surface area contributed by atoms with Gasteiger partial charge >= 0.3 is 0 Å². The Hall–Kier alpha value is -1.29. The number of hydrogen-bond acceptors (Lipinski definition) is 1. The van der Waals surface area contributed by atoms with Crippen molar-refractivity contribution >= 4 is 0 Å². The standard InChI is InChI=1S/C19H23N/c1-13-2-4-17(5-3-13)18(12-20)19-9-14-6-15(10-19)8-16(7-14)11-19/h2-5,14-16,18H,6-11H2,1H3. The molecule has 0 heterocycles. The Morgan fingerprint density at radius 1 is 1.00 bits per heavy atom. The van der Waals surface area contributed by atoms with E-state index in [-0.39, 0.29) is 5.92 Å². The zero-order valence-electron chi connectivity index (χ0n) is 12.3. The summed E-state index contributed by atoms with van der Waals surface area (Å²) >= 11 is 0. The molecule has 0 aliphatic heterocycles. The molecule has 1 aromatic rings. The molecule has 0 amide bonds.